The van der Waals surface area contributed by atoms with Crippen molar-refractivity contribution >= 4 is 26.8 Å². The molecule has 0 saturated carbocycles. The van der Waals surface area contributed by atoms with E-state index in [4.69, 9.17) is 4.74 Å². The lowest BCUT2D eigenvalue weighted by Crippen LogP contribution is -1.91. The van der Waals surface area contributed by atoms with E-state index in [1.807, 2.05) is 24.3 Å². The lowest BCUT2D eigenvalue weighted by molar-refractivity contribution is 0.186. The van der Waals surface area contributed by atoms with E-state index in [9.17, 15) is 0 Å². The highest BCUT2D eigenvalue weighted by Crippen LogP contribution is 2.25. The number of halogens is 1. The SMILES string of the molecule is COCc1ccc(Br)c2cccnc12. The van der Waals surface area contributed by atoms with Gasteiger partial charge in [-0.1, -0.05) is 28.1 Å². The Labute approximate surface area is 91.0 Å². The zero-order valence-corrected chi connectivity index (χ0v) is 9.41. The second-order valence-corrected chi connectivity index (χ2v) is 3.89. The summed E-state index contributed by atoms with van der Waals surface area (Å²) in [5.41, 5.74) is 2.12. The fourth-order valence-corrected chi connectivity index (χ4v) is 1.92. The standard InChI is InChI=1S/C11H10BrNO/c1-14-7-8-4-5-10(12)9-3-2-6-13-11(8)9/h2-6H,7H2,1H3. The van der Waals surface area contributed by atoms with Gasteiger partial charge in [0.2, 0.25) is 0 Å². The average Bonchev–Trinajstić information content (AvgIpc) is 2.23. The van der Waals surface area contributed by atoms with Gasteiger partial charge in [-0.25, -0.2) is 0 Å². The highest BCUT2D eigenvalue weighted by molar-refractivity contribution is 9.10. The quantitative estimate of drug-likeness (QED) is 0.819. The third-order valence-corrected chi connectivity index (χ3v) is 2.79. The average molecular weight is 252 g/mol. The van der Waals surface area contributed by atoms with E-state index in [0.717, 1.165) is 20.9 Å². The van der Waals surface area contributed by atoms with Crippen LogP contribution in [0.25, 0.3) is 10.9 Å². The van der Waals surface area contributed by atoms with Gasteiger partial charge in [-0.2, -0.15) is 0 Å². The molecule has 0 spiro atoms. The van der Waals surface area contributed by atoms with E-state index in [2.05, 4.69) is 20.9 Å². The zero-order valence-electron chi connectivity index (χ0n) is 7.83. The van der Waals surface area contributed by atoms with E-state index < -0.39 is 0 Å². The molecule has 0 aliphatic heterocycles. The Hall–Kier alpha value is -0.930. The topological polar surface area (TPSA) is 22.1 Å². The number of aromatic nitrogens is 1. The van der Waals surface area contributed by atoms with Crippen LogP contribution in [0.4, 0.5) is 0 Å². The van der Waals surface area contributed by atoms with Crippen LogP contribution in [0.3, 0.4) is 0 Å². The van der Waals surface area contributed by atoms with Gasteiger partial charge in [0, 0.05) is 28.7 Å². The summed E-state index contributed by atoms with van der Waals surface area (Å²) in [6.45, 7) is 0.598. The van der Waals surface area contributed by atoms with E-state index in [0.29, 0.717) is 6.61 Å². The first kappa shape index (κ1) is 9.62. The van der Waals surface area contributed by atoms with Gasteiger partial charge < -0.3 is 4.74 Å². The van der Waals surface area contributed by atoms with Gasteiger partial charge >= 0.3 is 0 Å². The number of nitrogens with zero attached hydrogens (tertiary/aromatic N) is 1. The van der Waals surface area contributed by atoms with Crippen LogP contribution in [0.1, 0.15) is 5.56 Å². The van der Waals surface area contributed by atoms with Crippen LogP contribution in [0.15, 0.2) is 34.9 Å². The molecule has 3 heteroatoms. The minimum atomic E-state index is 0.598. The van der Waals surface area contributed by atoms with Crippen molar-refractivity contribution in [3.63, 3.8) is 0 Å². The van der Waals surface area contributed by atoms with Crippen LogP contribution < -0.4 is 0 Å². The van der Waals surface area contributed by atoms with Crippen molar-refractivity contribution < 1.29 is 4.74 Å². The molecular weight excluding hydrogens is 242 g/mol. The molecule has 0 bridgehead atoms. The van der Waals surface area contributed by atoms with Crippen molar-refractivity contribution in [1.82, 2.24) is 4.98 Å². The summed E-state index contributed by atoms with van der Waals surface area (Å²) in [7, 11) is 1.69. The van der Waals surface area contributed by atoms with Crippen LogP contribution in [-0.2, 0) is 11.3 Å². The number of rotatable bonds is 2. The van der Waals surface area contributed by atoms with Crippen molar-refractivity contribution in [3.8, 4) is 0 Å². The van der Waals surface area contributed by atoms with Crippen LogP contribution in [-0.4, -0.2) is 12.1 Å². The molecule has 0 aliphatic carbocycles. The molecule has 0 fully saturated rings. The van der Waals surface area contributed by atoms with Gasteiger partial charge in [0.25, 0.3) is 0 Å². The monoisotopic (exact) mass is 251 g/mol. The first-order valence-electron chi connectivity index (χ1n) is 4.34. The summed E-state index contributed by atoms with van der Waals surface area (Å²) in [5, 5.41) is 1.13. The second-order valence-electron chi connectivity index (χ2n) is 3.04. The zero-order chi connectivity index (χ0) is 9.97. The molecule has 1 aromatic heterocycles. The molecule has 1 aromatic carbocycles. The fourth-order valence-electron chi connectivity index (χ4n) is 1.47. The minimum Gasteiger partial charge on any atom is -0.380 e. The molecule has 14 heavy (non-hydrogen) atoms. The molecular formula is C11H10BrNO. The summed E-state index contributed by atoms with van der Waals surface area (Å²) in [6.07, 6.45) is 1.80. The first-order valence-corrected chi connectivity index (χ1v) is 5.13. The summed E-state index contributed by atoms with van der Waals surface area (Å²) < 4.78 is 6.19. The Bertz CT molecular complexity index is 456. The Morgan fingerprint density at radius 1 is 1.36 bits per heavy atom. The van der Waals surface area contributed by atoms with Crippen molar-refractivity contribution in [2.45, 2.75) is 6.61 Å². The van der Waals surface area contributed by atoms with E-state index in [-0.39, 0.29) is 0 Å². The summed E-state index contributed by atoms with van der Waals surface area (Å²) in [6, 6.07) is 8.04. The first-order chi connectivity index (χ1) is 6.83. The van der Waals surface area contributed by atoms with Gasteiger partial charge in [-0.15, -0.1) is 0 Å². The minimum absolute atomic E-state index is 0.598. The molecule has 2 nitrogen and oxygen atoms in total. The lowest BCUT2D eigenvalue weighted by atomic mass is 10.1. The van der Waals surface area contributed by atoms with E-state index >= 15 is 0 Å². The maximum atomic E-state index is 5.12. The number of pyridine rings is 1. The number of ether oxygens (including phenoxy) is 1. The number of hydrogen-bond donors (Lipinski definition) is 0. The van der Waals surface area contributed by atoms with Crippen LogP contribution in [0.2, 0.25) is 0 Å². The number of methoxy groups -OCH3 is 1. The predicted octanol–water partition coefficient (Wildman–Crippen LogP) is 3.14. The van der Waals surface area contributed by atoms with Gasteiger partial charge in [0.1, 0.15) is 0 Å². The number of fused-ring (bicyclic) bond motifs is 1. The van der Waals surface area contributed by atoms with Crippen LogP contribution in [0, 0.1) is 0 Å². The second kappa shape index (κ2) is 4.07. The molecule has 72 valence electrons. The summed E-state index contributed by atoms with van der Waals surface area (Å²) in [5.74, 6) is 0. The van der Waals surface area contributed by atoms with Crippen LogP contribution >= 0.6 is 15.9 Å². The smallest absolute Gasteiger partial charge is 0.0768 e. The molecule has 2 aromatic rings. The van der Waals surface area contributed by atoms with Crippen LogP contribution in [0.5, 0.6) is 0 Å². The number of hydrogen-bond acceptors (Lipinski definition) is 2. The third kappa shape index (κ3) is 1.65. The molecule has 0 saturated heterocycles. The summed E-state index contributed by atoms with van der Waals surface area (Å²) in [4.78, 5) is 4.35. The molecule has 2 rings (SSSR count). The molecule has 0 N–H and O–H groups in total. The van der Waals surface area contributed by atoms with Gasteiger partial charge in [0.05, 0.1) is 12.1 Å². The maximum absolute atomic E-state index is 5.12. The van der Waals surface area contributed by atoms with Gasteiger partial charge in [0.15, 0.2) is 0 Å². The largest absolute Gasteiger partial charge is 0.380 e. The molecule has 0 radical (unpaired) electrons. The highest BCUT2D eigenvalue weighted by atomic mass is 79.9. The van der Waals surface area contributed by atoms with Crippen molar-refractivity contribution in [2.24, 2.45) is 0 Å². The Morgan fingerprint density at radius 3 is 3.00 bits per heavy atom. The normalized spacial score (nSPS) is 10.7. The lowest BCUT2D eigenvalue weighted by Gasteiger charge is -2.05. The third-order valence-electron chi connectivity index (χ3n) is 2.10. The van der Waals surface area contributed by atoms with E-state index in [1.54, 1.807) is 13.3 Å². The molecule has 0 unspecified atom stereocenters. The predicted molar refractivity (Wildman–Crippen MR) is 60.2 cm³/mol. The number of benzene rings is 1. The molecule has 0 aliphatic rings. The fraction of sp³-hybridized carbons (Fsp3) is 0.182. The van der Waals surface area contributed by atoms with Gasteiger partial charge in [-0.3, -0.25) is 4.98 Å². The van der Waals surface area contributed by atoms with Crippen molar-refractivity contribution in [3.05, 3.63) is 40.5 Å². The Morgan fingerprint density at radius 2 is 2.21 bits per heavy atom. The molecule has 0 atom stereocenters. The Kier molecular flexibility index (Phi) is 2.79. The van der Waals surface area contributed by atoms with Crippen molar-refractivity contribution in [1.29, 1.82) is 0 Å². The Balaban J connectivity index is 2.68. The van der Waals surface area contributed by atoms with Crippen molar-refractivity contribution in [2.75, 3.05) is 7.11 Å². The highest BCUT2D eigenvalue weighted by Gasteiger charge is 2.04. The summed E-state index contributed by atoms with van der Waals surface area (Å²) >= 11 is 3.50. The van der Waals surface area contributed by atoms with Gasteiger partial charge in [-0.05, 0) is 12.1 Å². The maximum Gasteiger partial charge on any atom is 0.0768 e. The molecule has 1 heterocycles. The molecule has 0 amide bonds. The van der Waals surface area contributed by atoms with E-state index in [1.165, 1.54) is 0 Å².